The standard InChI is InChI=1S/C29H35N3O3S/c1-18-5-10-27(35-16-23-9-6-20(12-19(23)2)28(34)31(3)4)24(11-18)26-17-36-29(30-26)32-13-21-7-8-22(14-32)25(21)15-33/h5-6,9-12,17,21-22,25,33H,7-8,13-16H2,1-4H3/t21-,22+,25?. The second kappa shape index (κ2) is 10.2. The maximum Gasteiger partial charge on any atom is 0.253 e. The molecule has 36 heavy (non-hydrogen) atoms. The molecule has 2 aliphatic rings. The van der Waals surface area contributed by atoms with Crippen LogP contribution in [0.25, 0.3) is 11.3 Å². The molecule has 1 saturated carbocycles. The van der Waals surface area contributed by atoms with Gasteiger partial charge in [0.15, 0.2) is 5.13 Å². The maximum atomic E-state index is 12.3. The Morgan fingerprint density at radius 1 is 1.14 bits per heavy atom. The number of aryl methyl sites for hydroxylation is 2. The molecule has 1 aromatic heterocycles. The summed E-state index contributed by atoms with van der Waals surface area (Å²) in [5.74, 6) is 2.41. The highest BCUT2D eigenvalue weighted by atomic mass is 32.1. The fourth-order valence-electron chi connectivity index (χ4n) is 5.70. The van der Waals surface area contributed by atoms with Crippen molar-refractivity contribution in [2.24, 2.45) is 17.8 Å². The Labute approximate surface area is 217 Å². The van der Waals surface area contributed by atoms with Gasteiger partial charge in [-0.15, -0.1) is 11.3 Å². The summed E-state index contributed by atoms with van der Waals surface area (Å²) in [6.45, 7) is 6.80. The van der Waals surface area contributed by atoms with Crippen molar-refractivity contribution in [2.75, 3.05) is 38.7 Å². The minimum atomic E-state index is -0.000631. The molecule has 2 bridgehead atoms. The van der Waals surface area contributed by atoms with E-state index in [-0.39, 0.29) is 5.91 Å². The maximum absolute atomic E-state index is 12.3. The van der Waals surface area contributed by atoms with Crippen molar-refractivity contribution >= 4 is 22.4 Å². The van der Waals surface area contributed by atoms with Crippen molar-refractivity contribution in [1.29, 1.82) is 0 Å². The molecule has 1 amide bonds. The van der Waals surface area contributed by atoms with E-state index in [9.17, 15) is 9.90 Å². The molecular weight excluding hydrogens is 470 g/mol. The zero-order valence-corrected chi connectivity index (χ0v) is 22.3. The predicted molar refractivity (Wildman–Crippen MR) is 145 cm³/mol. The highest BCUT2D eigenvalue weighted by Gasteiger charge is 2.42. The van der Waals surface area contributed by atoms with E-state index in [1.165, 1.54) is 12.8 Å². The van der Waals surface area contributed by atoms with Gasteiger partial charge in [-0.2, -0.15) is 0 Å². The van der Waals surface area contributed by atoms with E-state index in [1.807, 2.05) is 31.2 Å². The van der Waals surface area contributed by atoms with Crippen molar-refractivity contribution in [2.45, 2.75) is 33.3 Å². The van der Waals surface area contributed by atoms with Crippen LogP contribution < -0.4 is 9.64 Å². The summed E-state index contributed by atoms with van der Waals surface area (Å²) in [4.78, 5) is 21.3. The largest absolute Gasteiger partial charge is 0.488 e. The summed E-state index contributed by atoms with van der Waals surface area (Å²) >= 11 is 1.69. The number of anilines is 1. The van der Waals surface area contributed by atoms with Crippen molar-refractivity contribution < 1.29 is 14.6 Å². The highest BCUT2D eigenvalue weighted by molar-refractivity contribution is 7.14. The molecule has 1 unspecified atom stereocenters. The normalized spacial score (nSPS) is 21.0. The van der Waals surface area contributed by atoms with E-state index >= 15 is 0 Å². The molecule has 190 valence electrons. The summed E-state index contributed by atoms with van der Waals surface area (Å²) in [7, 11) is 3.53. The first kappa shape index (κ1) is 24.8. The number of benzene rings is 2. The third-order valence-corrected chi connectivity index (χ3v) is 8.69. The molecular formula is C29H35N3O3S. The summed E-state index contributed by atoms with van der Waals surface area (Å²) < 4.78 is 6.32. The van der Waals surface area contributed by atoms with E-state index in [1.54, 1.807) is 30.3 Å². The Bertz CT molecular complexity index is 1240. The number of rotatable bonds is 7. The lowest BCUT2D eigenvalue weighted by Crippen LogP contribution is -2.43. The molecule has 6 nitrogen and oxygen atoms in total. The van der Waals surface area contributed by atoms with Gasteiger partial charge in [0.2, 0.25) is 0 Å². The van der Waals surface area contributed by atoms with E-state index in [4.69, 9.17) is 9.72 Å². The highest BCUT2D eigenvalue weighted by Crippen LogP contribution is 2.44. The SMILES string of the molecule is Cc1ccc(OCc2ccc(C(=O)N(C)C)cc2C)c(-c2csc(N3C[C@H]4CC[C@@H](C3)C4CO)n2)c1. The molecule has 0 radical (unpaired) electrons. The van der Waals surface area contributed by atoms with Gasteiger partial charge in [-0.1, -0.05) is 17.7 Å². The molecule has 0 spiro atoms. The number of hydrogen-bond acceptors (Lipinski definition) is 6. The first-order valence-electron chi connectivity index (χ1n) is 12.7. The average molecular weight is 506 g/mol. The zero-order valence-electron chi connectivity index (χ0n) is 21.5. The number of aromatic nitrogens is 1. The first-order chi connectivity index (χ1) is 17.3. The monoisotopic (exact) mass is 505 g/mol. The molecule has 3 aromatic rings. The van der Waals surface area contributed by atoms with Gasteiger partial charge in [-0.3, -0.25) is 4.79 Å². The second-order valence-corrected chi connectivity index (χ2v) is 11.3. The van der Waals surface area contributed by atoms with Gasteiger partial charge in [-0.05, 0) is 79.8 Å². The predicted octanol–water partition coefficient (Wildman–Crippen LogP) is 5.16. The van der Waals surface area contributed by atoms with Gasteiger partial charge in [-0.25, -0.2) is 4.98 Å². The smallest absolute Gasteiger partial charge is 0.253 e. The van der Waals surface area contributed by atoms with Crippen molar-refractivity contribution in [3.05, 3.63) is 64.0 Å². The van der Waals surface area contributed by atoms with Crippen LogP contribution in [0.15, 0.2) is 41.8 Å². The van der Waals surface area contributed by atoms with Crippen LogP contribution in [0.3, 0.4) is 0 Å². The van der Waals surface area contributed by atoms with Crippen LogP contribution in [0.4, 0.5) is 5.13 Å². The Kier molecular flexibility index (Phi) is 7.04. The lowest BCUT2D eigenvalue weighted by atomic mass is 9.86. The van der Waals surface area contributed by atoms with Crippen LogP contribution in [-0.4, -0.2) is 54.7 Å². The molecule has 1 saturated heterocycles. The number of thiazole rings is 1. The van der Waals surface area contributed by atoms with E-state index < -0.39 is 0 Å². The van der Waals surface area contributed by atoms with E-state index in [2.05, 4.69) is 29.3 Å². The molecule has 5 rings (SSSR count). The van der Waals surface area contributed by atoms with E-state index in [0.717, 1.165) is 51.9 Å². The lowest BCUT2D eigenvalue weighted by molar-refractivity contribution is 0.0827. The number of aliphatic hydroxyl groups is 1. The van der Waals surface area contributed by atoms with Crippen LogP contribution in [0.1, 0.15) is 39.9 Å². The topological polar surface area (TPSA) is 65.9 Å². The quantitative estimate of drug-likeness (QED) is 0.480. The van der Waals surface area contributed by atoms with Gasteiger partial charge in [0.25, 0.3) is 5.91 Å². The fraction of sp³-hybridized carbons (Fsp3) is 0.448. The van der Waals surface area contributed by atoms with Crippen LogP contribution >= 0.6 is 11.3 Å². The molecule has 1 N–H and O–H groups in total. The average Bonchev–Trinajstić information content (AvgIpc) is 3.45. The third-order valence-electron chi connectivity index (χ3n) is 7.79. The molecule has 1 aliphatic heterocycles. The number of nitrogens with zero attached hydrogens (tertiary/aromatic N) is 3. The Morgan fingerprint density at radius 3 is 2.56 bits per heavy atom. The summed E-state index contributed by atoms with van der Waals surface area (Å²) in [5.41, 5.74) is 5.88. The van der Waals surface area contributed by atoms with Crippen LogP contribution in [0.5, 0.6) is 5.75 Å². The van der Waals surface area contributed by atoms with Crippen molar-refractivity contribution in [3.8, 4) is 17.0 Å². The Morgan fingerprint density at radius 2 is 1.89 bits per heavy atom. The number of fused-ring (bicyclic) bond motifs is 2. The van der Waals surface area contributed by atoms with Gasteiger partial charge in [0.1, 0.15) is 12.4 Å². The zero-order chi connectivity index (χ0) is 25.4. The van der Waals surface area contributed by atoms with Crippen molar-refractivity contribution in [1.82, 2.24) is 9.88 Å². The van der Waals surface area contributed by atoms with Crippen LogP contribution in [0, 0.1) is 31.6 Å². The second-order valence-electron chi connectivity index (χ2n) is 10.5. The summed E-state index contributed by atoms with van der Waals surface area (Å²) in [5, 5.41) is 13.0. The minimum Gasteiger partial charge on any atom is -0.488 e. The number of hydrogen-bond donors (Lipinski definition) is 1. The Hall–Kier alpha value is -2.90. The van der Waals surface area contributed by atoms with Gasteiger partial charge in [0, 0.05) is 50.3 Å². The number of aliphatic hydroxyl groups excluding tert-OH is 1. The summed E-state index contributed by atoms with van der Waals surface area (Å²) in [6, 6.07) is 12.0. The van der Waals surface area contributed by atoms with Crippen molar-refractivity contribution in [3.63, 3.8) is 0 Å². The molecule has 3 atom stereocenters. The lowest BCUT2D eigenvalue weighted by Gasteiger charge is -2.37. The number of amides is 1. The number of ether oxygens (including phenoxy) is 1. The molecule has 2 heterocycles. The third kappa shape index (κ3) is 4.87. The van der Waals surface area contributed by atoms with E-state index in [0.29, 0.717) is 36.5 Å². The van der Waals surface area contributed by atoms with Gasteiger partial charge in [0.05, 0.1) is 5.69 Å². The molecule has 1 aliphatic carbocycles. The fourth-order valence-corrected chi connectivity index (χ4v) is 6.54. The minimum absolute atomic E-state index is 0.000631. The number of piperidine rings is 1. The molecule has 2 aromatic carbocycles. The number of carbonyl (C=O) groups is 1. The molecule has 7 heteroatoms. The van der Waals surface area contributed by atoms with Gasteiger partial charge < -0.3 is 19.6 Å². The van der Waals surface area contributed by atoms with Gasteiger partial charge >= 0.3 is 0 Å². The summed E-state index contributed by atoms with van der Waals surface area (Å²) in [6.07, 6.45) is 2.42. The Balaban J connectivity index is 1.33. The molecule has 2 fully saturated rings. The first-order valence-corrected chi connectivity index (χ1v) is 13.6. The van der Waals surface area contributed by atoms with Crippen LogP contribution in [0.2, 0.25) is 0 Å². The number of carbonyl (C=O) groups excluding carboxylic acids is 1. The van der Waals surface area contributed by atoms with Crippen LogP contribution in [-0.2, 0) is 6.61 Å².